The third kappa shape index (κ3) is 2.11. The van der Waals surface area contributed by atoms with Gasteiger partial charge in [0.05, 0.1) is 12.1 Å². The Balaban J connectivity index is 2.26. The highest BCUT2D eigenvalue weighted by molar-refractivity contribution is 5.23. The lowest BCUT2D eigenvalue weighted by Crippen LogP contribution is -2.34. The molecular weight excluding hydrogens is 186 g/mol. The minimum absolute atomic E-state index is 0.0439. The SMILES string of the molecule is C=C[C@H]1OC(C)(C)N[C@H]1c1ccccc1. The monoisotopic (exact) mass is 203 g/mol. The van der Waals surface area contributed by atoms with Crippen molar-refractivity contribution in [1.82, 2.24) is 5.32 Å². The Morgan fingerprint density at radius 3 is 2.60 bits per heavy atom. The van der Waals surface area contributed by atoms with E-state index in [0.29, 0.717) is 0 Å². The van der Waals surface area contributed by atoms with Gasteiger partial charge in [-0.3, -0.25) is 5.32 Å². The second-order valence-electron chi connectivity index (χ2n) is 4.36. The molecule has 0 aromatic heterocycles. The molecule has 1 N–H and O–H groups in total. The maximum Gasteiger partial charge on any atom is 0.115 e. The van der Waals surface area contributed by atoms with Gasteiger partial charge in [0.2, 0.25) is 0 Å². The number of hydrogen-bond acceptors (Lipinski definition) is 2. The first kappa shape index (κ1) is 10.4. The van der Waals surface area contributed by atoms with Crippen LogP contribution in [0.15, 0.2) is 43.0 Å². The van der Waals surface area contributed by atoms with E-state index in [-0.39, 0.29) is 17.9 Å². The Bertz CT molecular complexity index is 345. The zero-order valence-corrected chi connectivity index (χ0v) is 9.23. The predicted molar refractivity (Wildman–Crippen MR) is 61.5 cm³/mol. The molecule has 0 aliphatic carbocycles. The summed E-state index contributed by atoms with van der Waals surface area (Å²) in [4.78, 5) is 0. The highest BCUT2D eigenvalue weighted by Gasteiger charge is 2.38. The van der Waals surface area contributed by atoms with Gasteiger partial charge in [-0.1, -0.05) is 36.4 Å². The molecule has 0 amide bonds. The molecule has 1 saturated heterocycles. The molecule has 0 saturated carbocycles. The lowest BCUT2D eigenvalue weighted by molar-refractivity contribution is -0.00581. The molecule has 2 atom stereocenters. The van der Waals surface area contributed by atoms with Crippen LogP contribution in [0.1, 0.15) is 25.5 Å². The third-order valence-corrected chi connectivity index (χ3v) is 2.65. The average molecular weight is 203 g/mol. The average Bonchev–Trinajstić information content (AvgIpc) is 2.55. The first-order valence-corrected chi connectivity index (χ1v) is 5.25. The maximum absolute atomic E-state index is 5.84. The van der Waals surface area contributed by atoms with Crippen LogP contribution in [0.2, 0.25) is 0 Å². The molecule has 0 unspecified atom stereocenters. The van der Waals surface area contributed by atoms with E-state index in [9.17, 15) is 0 Å². The van der Waals surface area contributed by atoms with Gasteiger partial charge in [0, 0.05) is 0 Å². The van der Waals surface area contributed by atoms with Gasteiger partial charge >= 0.3 is 0 Å². The first-order valence-electron chi connectivity index (χ1n) is 5.25. The molecule has 2 heteroatoms. The highest BCUT2D eigenvalue weighted by Crippen LogP contribution is 2.31. The van der Waals surface area contributed by atoms with Gasteiger partial charge in [-0.25, -0.2) is 0 Å². The van der Waals surface area contributed by atoms with Crippen molar-refractivity contribution in [2.75, 3.05) is 0 Å². The lowest BCUT2D eigenvalue weighted by atomic mass is 10.0. The van der Waals surface area contributed by atoms with E-state index in [1.165, 1.54) is 5.56 Å². The molecule has 0 radical (unpaired) electrons. The fourth-order valence-electron chi connectivity index (χ4n) is 2.02. The van der Waals surface area contributed by atoms with Crippen molar-refractivity contribution in [2.45, 2.75) is 31.7 Å². The summed E-state index contributed by atoms with van der Waals surface area (Å²) in [6.45, 7) is 7.89. The third-order valence-electron chi connectivity index (χ3n) is 2.65. The molecular formula is C13H17NO. The van der Waals surface area contributed by atoms with Gasteiger partial charge in [-0.15, -0.1) is 6.58 Å². The summed E-state index contributed by atoms with van der Waals surface area (Å²) in [5.74, 6) is 0. The van der Waals surface area contributed by atoms with Crippen LogP contribution >= 0.6 is 0 Å². The molecule has 2 nitrogen and oxygen atoms in total. The molecule has 1 fully saturated rings. The van der Waals surface area contributed by atoms with Crippen molar-refractivity contribution < 1.29 is 4.74 Å². The predicted octanol–water partition coefficient (Wildman–Crippen LogP) is 2.64. The van der Waals surface area contributed by atoms with Crippen molar-refractivity contribution in [3.8, 4) is 0 Å². The molecule has 1 aromatic rings. The van der Waals surface area contributed by atoms with Crippen LogP contribution in [0.25, 0.3) is 0 Å². The zero-order chi connectivity index (χ0) is 10.9. The van der Waals surface area contributed by atoms with E-state index in [2.05, 4.69) is 24.0 Å². The largest absolute Gasteiger partial charge is 0.352 e. The van der Waals surface area contributed by atoms with Gasteiger partial charge in [0.25, 0.3) is 0 Å². The second kappa shape index (κ2) is 3.80. The van der Waals surface area contributed by atoms with Gasteiger partial charge in [-0.2, -0.15) is 0 Å². The van der Waals surface area contributed by atoms with E-state index in [1.54, 1.807) is 0 Å². The smallest absolute Gasteiger partial charge is 0.115 e. The van der Waals surface area contributed by atoms with Crippen LogP contribution in [0.4, 0.5) is 0 Å². The standard InChI is InChI=1S/C13H17NO/c1-4-11-12(14-13(2,3)15-11)10-8-6-5-7-9-10/h4-9,11-12,14H,1H2,2-3H3/t11-,12+/m1/s1. The molecule has 1 aliphatic heterocycles. The van der Waals surface area contributed by atoms with Crippen LogP contribution < -0.4 is 5.32 Å². The minimum atomic E-state index is -0.278. The summed E-state index contributed by atoms with van der Waals surface area (Å²) in [5, 5.41) is 3.45. The van der Waals surface area contributed by atoms with Crippen molar-refractivity contribution >= 4 is 0 Å². The van der Waals surface area contributed by atoms with Gasteiger partial charge < -0.3 is 4.74 Å². The molecule has 2 rings (SSSR count). The van der Waals surface area contributed by atoms with Crippen LogP contribution in [-0.4, -0.2) is 11.8 Å². The summed E-state index contributed by atoms with van der Waals surface area (Å²) in [5.41, 5.74) is 0.965. The number of rotatable bonds is 2. The molecule has 0 spiro atoms. The summed E-state index contributed by atoms with van der Waals surface area (Å²) in [6, 6.07) is 10.5. The molecule has 80 valence electrons. The Labute approximate surface area is 91.0 Å². The number of benzene rings is 1. The minimum Gasteiger partial charge on any atom is -0.352 e. The topological polar surface area (TPSA) is 21.3 Å². The van der Waals surface area contributed by atoms with Crippen molar-refractivity contribution in [1.29, 1.82) is 0 Å². The highest BCUT2D eigenvalue weighted by atomic mass is 16.5. The fraction of sp³-hybridized carbons (Fsp3) is 0.385. The fourth-order valence-corrected chi connectivity index (χ4v) is 2.02. The Kier molecular flexibility index (Phi) is 2.63. The first-order chi connectivity index (χ1) is 7.12. The maximum atomic E-state index is 5.84. The van der Waals surface area contributed by atoms with Crippen LogP contribution in [0.3, 0.4) is 0 Å². The van der Waals surface area contributed by atoms with E-state index in [4.69, 9.17) is 4.74 Å². The molecule has 0 bridgehead atoms. The number of ether oxygens (including phenoxy) is 1. The summed E-state index contributed by atoms with van der Waals surface area (Å²) in [6.07, 6.45) is 1.90. The molecule has 1 heterocycles. The number of nitrogens with one attached hydrogen (secondary N) is 1. The van der Waals surface area contributed by atoms with Gasteiger partial charge in [0.1, 0.15) is 5.72 Å². The van der Waals surface area contributed by atoms with E-state index < -0.39 is 0 Å². The Hall–Kier alpha value is -1.12. The van der Waals surface area contributed by atoms with Crippen LogP contribution in [-0.2, 0) is 4.74 Å². The lowest BCUT2D eigenvalue weighted by Gasteiger charge is -2.17. The Morgan fingerprint density at radius 2 is 2.00 bits per heavy atom. The van der Waals surface area contributed by atoms with Gasteiger partial charge in [0.15, 0.2) is 0 Å². The van der Waals surface area contributed by atoms with E-state index in [1.807, 2.05) is 38.1 Å². The molecule has 1 aliphatic rings. The van der Waals surface area contributed by atoms with Crippen molar-refractivity contribution in [3.63, 3.8) is 0 Å². The molecule has 15 heavy (non-hydrogen) atoms. The Morgan fingerprint density at radius 1 is 1.33 bits per heavy atom. The summed E-state index contributed by atoms with van der Waals surface area (Å²) >= 11 is 0. The van der Waals surface area contributed by atoms with Crippen molar-refractivity contribution in [3.05, 3.63) is 48.6 Å². The van der Waals surface area contributed by atoms with Crippen LogP contribution in [0, 0.1) is 0 Å². The summed E-state index contributed by atoms with van der Waals surface area (Å²) < 4.78 is 5.84. The van der Waals surface area contributed by atoms with E-state index >= 15 is 0 Å². The quantitative estimate of drug-likeness (QED) is 0.746. The van der Waals surface area contributed by atoms with Crippen molar-refractivity contribution in [2.24, 2.45) is 0 Å². The van der Waals surface area contributed by atoms with E-state index in [0.717, 1.165) is 0 Å². The normalized spacial score (nSPS) is 28.9. The second-order valence-corrected chi connectivity index (χ2v) is 4.36. The van der Waals surface area contributed by atoms with Gasteiger partial charge in [-0.05, 0) is 19.4 Å². The van der Waals surface area contributed by atoms with Crippen LogP contribution in [0.5, 0.6) is 0 Å². The zero-order valence-electron chi connectivity index (χ0n) is 9.23. The molecule has 1 aromatic carbocycles. The number of hydrogen-bond donors (Lipinski definition) is 1. The summed E-state index contributed by atoms with van der Waals surface area (Å²) in [7, 11) is 0.